The van der Waals surface area contributed by atoms with Crippen molar-refractivity contribution in [1.82, 2.24) is 0 Å². The van der Waals surface area contributed by atoms with Gasteiger partial charge < -0.3 is 29.2 Å². The molecular weight excluding hydrogens is 472 g/mol. The Hall–Kier alpha value is -0.990. The van der Waals surface area contributed by atoms with E-state index in [0.717, 1.165) is 63.4 Å². The van der Waals surface area contributed by atoms with Crippen LogP contribution >= 0.6 is 0 Å². The van der Waals surface area contributed by atoms with Gasteiger partial charge in [-0.2, -0.15) is 0 Å². The van der Waals surface area contributed by atoms with E-state index in [2.05, 4.69) is 13.8 Å². The quantitative estimate of drug-likeness (QED) is 0.427. The van der Waals surface area contributed by atoms with Gasteiger partial charge in [0.15, 0.2) is 6.29 Å². The Morgan fingerprint density at radius 1 is 1.05 bits per heavy atom. The van der Waals surface area contributed by atoms with Crippen LogP contribution in [-0.4, -0.2) is 66.2 Å². The third kappa shape index (κ3) is 4.05. The van der Waals surface area contributed by atoms with Gasteiger partial charge >= 0.3 is 5.97 Å². The van der Waals surface area contributed by atoms with Crippen molar-refractivity contribution in [3.63, 3.8) is 0 Å². The first-order valence-electron chi connectivity index (χ1n) is 14.7. The molecule has 0 aromatic rings. The number of cyclic esters (lactones) is 1. The number of hydrogen-bond donors (Lipinski definition) is 2. The van der Waals surface area contributed by atoms with Gasteiger partial charge in [0.2, 0.25) is 0 Å². The molecule has 2 aliphatic heterocycles. The van der Waals surface area contributed by atoms with E-state index in [1.165, 1.54) is 0 Å². The first-order valence-corrected chi connectivity index (χ1v) is 14.7. The standard InChI is InChI=1S/C30H46O7/c1-17-27(32)24(34-4)14-26(36-17)37-19-5-6-22-20-7-11-29(3)21(18-13-25(31)35-16-18)9-12-30(29,33)23(20)8-10-28(22,2)15-19/h13,17,19-24,26-27,32-33H,5-12,14-16H2,1-4H3/t17-,19-,20-,21+,22+,23+,24+,26-,27-,28-,29+,30-/m0/s1. The van der Waals surface area contributed by atoms with E-state index in [4.69, 9.17) is 18.9 Å². The molecule has 6 aliphatic rings. The van der Waals surface area contributed by atoms with Gasteiger partial charge in [0.1, 0.15) is 12.7 Å². The number of esters is 1. The van der Waals surface area contributed by atoms with Crippen LogP contribution in [-0.2, 0) is 23.7 Å². The van der Waals surface area contributed by atoms with Crippen LogP contribution in [0.15, 0.2) is 11.6 Å². The van der Waals surface area contributed by atoms with Crippen LogP contribution in [0.4, 0.5) is 0 Å². The topological polar surface area (TPSA) is 94.5 Å². The van der Waals surface area contributed by atoms with E-state index in [1.54, 1.807) is 13.2 Å². The maximum atomic E-state index is 12.4. The Balaban J connectivity index is 1.14. The third-order valence-electron chi connectivity index (χ3n) is 12.1. The second kappa shape index (κ2) is 9.29. The van der Waals surface area contributed by atoms with Gasteiger partial charge in [-0.3, -0.25) is 0 Å². The number of aliphatic hydroxyl groups is 2. The predicted molar refractivity (Wildman–Crippen MR) is 136 cm³/mol. The SMILES string of the molecule is CO[C@@H]1C[C@H](O[C@H]2CC[C@@H]3[C@@H]4CC[C@]5(C)[C@@H](C6=CC(=O)OC6)CC[C@]5(O)[C@@H]4CC[C@@]3(C)C2)O[C@@H](C)[C@@H]1O. The molecule has 4 aliphatic carbocycles. The normalized spacial score (nSPS) is 53.6. The van der Waals surface area contributed by atoms with E-state index in [9.17, 15) is 15.0 Å². The van der Waals surface area contributed by atoms with Gasteiger partial charge in [0.05, 0.1) is 23.9 Å². The van der Waals surface area contributed by atoms with Gasteiger partial charge in [0, 0.05) is 25.0 Å². The molecule has 4 saturated carbocycles. The van der Waals surface area contributed by atoms with Crippen molar-refractivity contribution in [3.8, 4) is 0 Å². The summed E-state index contributed by atoms with van der Waals surface area (Å²) in [6.07, 6.45) is 10.2. The molecule has 7 heteroatoms. The Labute approximate surface area is 221 Å². The number of ether oxygens (including phenoxy) is 4. The van der Waals surface area contributed by atoms with E-state index < -0.39 is 11.7 Å². The number of carbonyl (C=O) groups is 1. The Kier molecular flexibility index (Phi) is 6.59. The summed E-state index contributed by atoms with van der Waals surface area (Å²) in [6.45, 7) is 7.03. The monoisotopic (exact) mass is 518 g/mol. The minimum atomic E-state index is -0.663. The van der Waals surface area contributed by atoms with Gasteiger partial charge in [-0.05, 0) is 99.4 Å². The molecule has 0 radical (unpaired) electrons. The lowest BCUT2D eigenvalue weighted by Crippen LogP contribution is -2.61. The molecule has 208 valence electrons. The van der Waals surface area contributed by atoms with Crippen molar-refractivity contribution in [2.45, 2.75) is 121 Å². The lowest BCUT2D eigenvalue weighted by molar-refractivity contribution is -0.273. The molecule has 7 nitrogen and oxygen atoms in total. The molecule has 5 fully saturated rings. The Bertz CT molecular complexity index is 935. The molecule has 0 aromatic carbocycles. The smallest absolute Gasteiger partial charge is 0.331 e. The fourth-order valence-electron chi connectivity index (χ4n) is 10.1. The molecule has 2 heterocycles. The zero-order valence-corrected chi connectivity index (χ0v) is 23.0. The minimum absolute atomic E-state index is 0.155. The van der Waals surface area contributed by atoms with E-state index in [1.807, 2.05) is 6.92 Å². The number of carbonyl (C=O) groups excluding carboxylic acids is 1. The lowest BCUT2D eigenvalue weighted by Gasteiger charge is -2.62. The average Bonchev–Trinajstić information content (AvgIpc) is 3.40. The van der Waals surface area contributed by atoms with Crippen LogP contribution < -0.4 is 0 Å². The summed E-state index contributed by atoms with van der Waals surface area (Å²) in [6, 6.07) is 0. The molecule has 0 unspecified atom stereocenters. The molecule has 0 bridgehead atoms. The zero-order valence-electron chi connectivity index (χ0n) is 23.0. The van der Waals surface area contributed by atoms with Crippen LogP contribution in [0, 0.1) is 34.5 Å². The molecule has 0 aromatic heterocycles. The largest absolute Gasteiger partial charge is 0.458 e. The summed E-state index contributed by atoms with van der Waals surface area (Å²) in [5, 5.41) is 22.7. The average molecular weight is 519 g/mol. The fourth-order valence-corrected chi connectivity index (χ4v) is 10.1. The van der Waals surface area contributed by atoms with Gasteiger partial charge in [-0.1, -0.05) is 13.8 Å². The summed E-state index contributed by atoms with van der Waals surface area (Å²) in [7, 11) is 1.64. The summed E-state index contributed by atoms with van der Waals surface area (Å²) in [5.74, 6) is 1.50. The summed E-state index contributed by atoms with van der Waals surface area (Å²) in [5.41, 5.74) is 0.465. The number of rotatable bonds is 4. The van der Waals surface area contributed by atoms with Gasteiger partial charge in [0.25, 0.3) is 0 Å². The summed E-state index contributed by atoms with van der Waals surface area (Å²) < 4.78 is 23.3. The molecule has 2 N–H and O–H groups in total. The van der Waals surface area contributed by atoms with Crippen LogP contribution in [0.1, 0.15) is 85.0 Å². The van der Waals surface area contributed by atoms with E-state index in [-0.39, 0.29) is 47.3 Å². The Morgan fingerprint density at radius 3 is 2.59 bits per heavy atom. The second-order valence-corrected chi connectivity index (χ2v) is 13.7. The molecule has 0 amide bonds. The molecule has 1 saturated heterocycles. The van der Waals surface area contributed by atoms with Crippen molar-refractivity contribution >= 4 is 5.97 Å². The van der Waals surface area contributed by atoms with Gasteiger partial charge in [-0.25, -0.2) is 4.79 Å². The van der Waals surface area contributed by atoms with Crippen molar-refractivity contribution in [3.05, 3.63) is 11.6 Å². The first-order chi connectivity index (χ1) is 17.6. The number of aliphatic hydroxyl groups excluding tert-OH is 1. The molecular formula is C30H46O7. The van der Waals surface area contributed by atoms with Gasteiger partial charge in [-0.15, -0.1) is 0 Å². The first kappa shape index (κ1) is 26.2. The second-order valence-electron chi connectivity index (χ2n) is 13.7. The third-order valence-corrected chi connectivity index (χ3v) is 12.1. The van der Waals surface area contributed by atoms with Crippen molar-refractivity contribution < 1.29 is 34.0 Å². The van der Waals surface area contributed by atoms with Crippen LogP contribution in [0.2, 0.25) is 0 Å². The maximum Gasteiger partial charge on any atom is 0.331 e. The van der Waals surface area contributed by atoms with Crippen LogP contribution in [0.3, 0.4) is 0 Å². The summed E-state index contributed by atoms with van der Waals surface area (Å²) >= 11 is 0. The van der Waals surface area contributed by atoms with E-state index in [0.29, 0.717) is 30.8 Å². The van der Waals surface area contributed by atoms with Crippen LogP contribution in [0.5, 0.6) is 0 Å². The van der Waals surface area contributed by atoms with E-state index >= 15 is 0 Å². The molecule has 37 heavy (non-hydrogen) atoms. The molecule has 12 atom stereocenters. The highest BCUT2D eigenvalue weighted by atomic mass is 16.7. The highest BCUT2D eigenvalue weighted by molar-refractivity contribution is 5.85. The molecule has 6 rings (SSSR count). The highest BCUT2D eigenvalue weighted by Crippen LogP contribution is 2.69. The van der Waals surface area contributed by atoms with Crippen molar-refractivity contribution in [2.24, 2.45) is 34.5 Å². The van der Waals surface area contributed by atoms with Crippen molar-refractivity contribution in [2.75, 3.05) is 13.7 Å². The number of hydrogen-bond acceptors (Lipinski definition) is 7. The molecule has 0 spiro atoms. The number of fused-ring (bicyclic) bond motifs is 5. The summed E-state index contributed by atoms with van der Waals surface area (Å²) in [4.78, 5) is 11.8. The maximum absolute atomic E-state index is 12.4. The van der Waals surface area contributed by atoms with Crippen molar-refractivity contribution in [1.29, 1.82) is 0 Å². The predicted octanol–water partition coefficient (Wildman–Crippen LogP) is 4.14. The fraction of sp³-hybridized carbons (Fsp3) is 0.900. The zero-order chi connectivity index (χ0) is 26.2. The number of methoxy groups -OCH3 is 1. The lowest BCUT2D eigenvalue weighted by atomic mass is 9.44. The van der Waals surface area contributed by atoms with Crippen LogP contribution in [0.25, 0.3) is 0 Å². The Morgan fingerprint density at radius 2 is 1.86 bits per heavy atom. The highest BCUT2D eigenvalue weighted by Gasteiger charge is 2.67. The minimum Gasteiger partial charge on any atom is -0.458 e.